The number of aryl methyl sites for hydroxylation is 2. The zero-order valence-electron chi connectivity index (χ0n) is 13.1. The largest absolute Gasteiger partial charge is 0.480 e. The smallest absolute Gasteiger partial charge is 0.326 e. The minimum Gasteiger partial charge on any atom is -0.480 e. The molecular weight excluding hydrogens is 250 g/mol. The first-order chi connectivity index (χ1) is 9.15. The number of hydrogen-bond acceptors (Lipinski definition) is 2. The lowest BCUT2D eigenvalue weighted by atomic mass is 9.86. The number of fused-ring (bicyclic) bond motifs is 1. The van der Waals surface area contributed by atoms with Crippen molar-refractivity contribution < 1.29 is 9.90 Å². The highest BCUT2D eigenvalue weighted by Crippen LogP contribution is 2.41. The third-order valence-electron chi connectivity index (χ3n) is 4.23. The fourth-order valence-electron chi connectivity index (χ4n) is 3.12. The zero-order chi connectivity index (χ0) is 15.2. The molecule has 1 aliphatic heterocycles. The molecule has 0 spiro atoms. The molecule has 0 saturated heterocycles. The summed E-state index contributed by atoms with van der Waals surface area (Å²) >= 11 is 0. The quantitative estimate of drug-likeness (QED) is 0.891. The van der Waals surface area contributed by atoms with Gasteiger partial charge < -0.3 is 10.0 Å². The molecule has 1 atom stereocenters. The van der Waals surface area contributed by atoms with Crippen LogP contribution in [0.5, 0.6) is 0 Å². The van der Waals surface area contributed by atoms with E-state index in [2.05, 4.69) is 52.8 Å². The highest BCUT2D eigenvalue weighted by Gasteiger charge is 2.37. The number of aliphatic carboxylic acids is 1. The van der Waals surface area contributed by atoms with Crippen LogP contribution in [0.15, 0.2) is 18.2 Å². The molecule has 0 aromatic heterocycles. The highest BCUT2D eigenvalue weighted by atomic mass is 16.4. The maximum atomic E-state index is 11.5. The lowest BCUT2D eigenvalue weighted by molar-refractivity contribution is -0.138. The summed E-state index contributed by atoms with van der Waals surface area (Å²) < 4.78 is 0. The molecule has 108 valence electrons. The van der Waals surface area contributed by atoms with E-state index >= 15 is 0 Å². The normalized spacial score (nSPS) is 18.3. The fraction of sp³-hybridized carbons (Fsp3) is 0.471. The molecule has 0 unspecified atom stereocenters. The van der Waals surface area contributed by atoms with Crippen LogP contribution in [0.2, 0.25) is 0 Å². The minimum atomic E-state index is -0.796. The molecule has 2 rings (SSSR count). The van der Waals surface area contributed by atoms with Crippen LogP contribution in [0.4, 0.5) is 5.69 Å². The number of carbonyl (C=O) groups is 1. The molecule has 1 N–H and O–H groups in total. The standard InChI is InChI=1S/C17H23NO2/c1-10-7-14-12(3)9-17(5,6)18(13(4)16(19)20)15(14)8-11(10)2/h7-9,13H,1-6H3,(H,19,20)/t13-/m0/s1. The Morgan fingerprint density at radius 3 is 2.30 bits per heavy atom. The van der Waals surface area contributed by atoms with E-state index in [1.807, 2.05) is 4.90 Å². The summed E-state index contributed by atoms with van der Waals surface area (Å²) in [5.74, 6) is -0.796. The van der Waals surface area contributed by atoms with Crippen molar-refractivity contribution in [2.24, 2.45) is 0 Å². The molecule has 1 heterocycles. The number of benzene rings is 1. The molecule has 1 aromatic rings. The molecule has 1 aromatic carbocycles. The van der Waals surface area contributed by atoms with Gasteiger partial charge >= 0.3 is 5.97 Å². The van der Waals surface area contributed by atoms with Gasteiger partial charge in [0.15, 0.2) is 0 Å². The summed E-state index contributed by atoms with van der Waals surface area (Å²) in [6.07, 6.45) is 2.16. The van der Waals surface area contributed by atoms with E-state index in [-0.39, 0.29) is 5.54 Å². The second kappa shape index (κ2) is 4.65. The summed E-state index contributed by atoms with van der Waals surface area (Å²) in [7, 11) is 0. The van der Waals surface area contributed by atoms with E-state index in [4.69, 9.17) is 0 Å². The lowest BCUT2D eigenvalue weighted by Gasteiger charge is -2.45. The maximum Gasteiger partial charge on any atom is 0.326 e. The average molecular weight is 273 g/mol. The van der Waals surface area contributed by atoms with E-state index in [9.17, 15) is 9.90 Å². The van der Waals surface area contributed by atoms with Crippen LogP contribution in [0.1, 0.15) is 44.4 Å². The van der Waals surface area contributed by atoms with Gasteiger partial charge in [-0.15, -0.1) is 0 Å². The highest BCUT2D eigenvalue weighted by molar-refractivity contribution is 5.87. The van der Waals surface area contributed by atoms with Crippen LogP contribution in [-0.2, 0) is 4.79 Å². The van der Waals surface area contributed by atoms with Crippen LogP contribution < -0.4 is 4.90 Å². The van der Waals surface area contributed by atoms with Gasteiger partial charge in [0.05, 0.1) is 5.54 Å². The predicted molar refractivity (Wildman–Crippen MR) is 83.2 cm³/mol. The van der Waals surface area contributed by atoms with E-state index in [0.29, 0.717) is 0 Å². The molecule has 0 amide bonds. The van der Waals surface area contributed by atoms with Gasteiger partial charge in [0.25, 0.3) is 0 Å². The number of hydrogen-bond donors (Lipinski definition) is 1. The van der Waals surface area contributed by atoms with Gasteiger partial charge in [-0.25, -0.2) is 4.79 Å². The third kappa shape index (κ3) is 2.21. The lowest BCUT2D eigenvalue weighted by Crippen LogP contribution is -2.53. The Bertz CT molecular complexity index is 599. The second-order valence-electron chi connectivity index (χ2n) is 6.32. The molecule has 3 heteroatoms. The van der Waals surface area contributed by atoms with Crippen molar-refractivity contribution in [3.63, 3.8) is 0 Å². The first-order valence-electron chi connectivity index (χ1n) is 6.98. The molecular formula is C17H23NO2. The SMILES string of the molecule is CC1=CC(C)(C)N([C@@H](C)C(=O)O)c2cc(C)c(C)cc21. The Hall–Kier alpha value is -1.77. The van der Waals surface area contributed by atoms with Gasteiger partial charge in [0.1, 0.15) is 6.04 Å². The monoisotopic (exact) mass is 273 g/mol. The van der Waals surface area contributed by atoms with Crippen molar-refractivity contribution in [1.82, 2.24) is 0 Å². The third-order valence-corrected chi connectivity index (χ3v) is 4.23. The van der Waals surface area contributed by atoms with Crippen LogP contribution in [0.3, 0.4) is 0 Å². The Labute approximate surface area is 120 Å². The number of carboxylic acid groups (broad SMARTS) is 1. The van der Waals surface area contributed by atoms with Crippen molar-refractivity contribution in [3.8, 4) is 0 Å². The van der Waals surface area contributed by atoms with E-state index in [0.717, 1.165) is 11.3 Å². The Morgan fingerprint density at radius 1 is 1.20 bits per heavy atom. The zero-order valence-corrected chi connectivity index (χ0v) is 13.1. The summed E-state index contributed by atoms with van der Waals surface area (Å²) in [5.41, 5.74) is 5.49. The van der Waals surface area contributed by atoms with E-state index in [1.165, 1.54) is 16.7 Å². The molecule has 3 nitrogen and oxygen atoms in total. The molecule has 0 fully saturated rings. The van der Waals surface area contributed by atoms with Crippen molar-refractivity contribution in [2.75, 3.05) is 4.90 Å². The maximum absolute atomic E-state index is 11.5. The van der Waals surface area contributed by atoms with Crippen LogP contribution in [-0.4, -0.2) is 22.7 Å². The summed E-state index contributed by atoms with van der Waals surface area (Å²) in [6.45, 7) is 12.1. The van der Waals surface area contributed by atoms with Crippen LogP contribution >= 0.6 is 0 Å². The van der Waals surface area contributed by atoms with Gasteiger partial charge in [-0.2, -0.15) is 0 Å². The van der Waals surface area contributed by atoms with Gasteiger partial charge in [0.2, 0.25) is 0 Å². The van der Waals surface area contributed by atoms with Gasteiger partial charge in [-0.05, 0) is 70.4 Å². The number of carboxylic acids is 1. The van der Waals surface area contributed by atoms with Crippen molar-refractivity contribution in [1.29, 1.82) is 0 Å². The van der Waals surface area contributed by atoms with Gasteiger partial charge in [-0.3, -0.25) is 0 Å². The Balaban J connectivity index is 2.70. The first kappa shape index (κ1) is 14.6. The number of anilines is 1. The van der Waals surface area contributed by atoms with Crippen molar-refractivity contribution in [3.05, 3.63) is 34.9 Å². The van der Waals surface area contributed by atoms with Gasteiger partial charge in [-0.1, -0.05) is 6.08 Å². The van der Waals surface area contributed by atoms with Crippen LogP contribution in [0, 0.1) is 13.8 Å². The molecule has 1 aliphatic rings. The number of allylic oxidation sites excluding steroid dienone is 1. The van der Waals surface area contributed by atoms with Crippen molar-refractivity contribution in [2.45, 2.75) is 53.1 Å². The molecule has 0 saturated carbocycles. The topological polar surface area (TPSA) is 40.5 Å². The minimum absolute atomic E-state index is 0.309. The first-order valence-corrected chi connectivity index (χ1v) is 6.98. The Kier molecular flexibility index (Phi) is 3.41. The summed E-state index contributed by atoms with van der Waals surface area (Å²) in [6, 6.07) is 3.71. The van der Waals surface area contributed by atoms with Gasteiger partial charge in [0, 0.05) is 11.3 Å². The van der Waals surface area contributed by atoms with E-state index < -0.39 is 12.0 Å². The van der Waals surface area contributed by atoms with E-state index in [1.54, 1.807) is 6.92 Å². The van der Waals surface area contributed by atoms with Crippen LogP contribution in [0.25, 0.3) is 5.57 Å². The number of nitrogens with zero attached hydrogens (tertiary/aromatic N) is 1. The fourth-order valence-corrected chi connectivity index (χ4v) is 3.12. The number of rotatable bonds is 2. The molecule has 0 aliphatic carbocycles. The summed E-state index contributed by atoms with van der Waals surface area (Å²) in [5, 5.41) is 9.42. The second-order valence-corrected chi connectivity index (χ2v) is 6.32. The molecule has 0 bridgehead atoms. The Morgan fingerprint density at radius 2 is 1.75 bits per heavy atom. The molecule has 0 radical (unpaired) electrons. The summed E-state index contributed by atoms with van der Waals surface area (Å²) in [4.78, 5) is 13.5. The van der Waals surface area contributed by atoms with Crippen molar-refractivity contribution >= 4 is 17.2 Å². The average Bonchev–Trinajstić information content (AvgIpc) is 2.30. The molecule has 20 heavy (non-hydrogen) atoms. The predicted octanol–water partition coefficient (Wildman–Crippen LogP) is 3.78.